The van der Waals surface area contributed by atoms with E-state index in [0.29, 0.717) is 28.6 Å². The van der Waals surface area contributed by atoms with Crippen LogP contribution in [0.2, 0.25) is 0 Å². The molecular formula is C77H46N8. The molecule has 4 aromatic heterocycles. The minimum absolute atomic E-state index is 0.430. The van der Waals surface area contributed by atoms with Crippen molar-refractivity contribution in [3.63, 3.8) is 0 Å². The lowest BCUT2D eigenvalue weighted by Gasteiger charge is -2.24. The van der Waals surface area contributed by atoms with Crippen molar-refractivity contribution < 1.29 is 0 Å². The summed E-state index contributed by atoms with van der Waals surface area (Å²) in [5.41, 5.74) is 18.2. The average molecular weight is 1080 g/mol. The van der Waals surface area contributed by atoms with Gasteiger partial charge in [0.15, 0.2) is 17.5 Å². The number of hydrogen-bond acceptors (Lipinski definition) is 5. The summed E-state index contributed by atoms with van der Waals surface area (Å²) in [5, 5.41) is 27.0. The summed E-state index contributed by atoms with van der Waals surface area (Å²) >= 11 is 0. The van der Waals surface area contributed by atoms with E-state index in [1.807, 2.05) is 72.8 Å². The van der Waals surface area contributed by atoms with Gasteiger partial charge in [0.1, 0.15) is 0 Å². The molecule has 16 aromatic rings. The molecular weight excluding hydrogens is 1040 g/mol. The second-order valence-electron chi connectivity index (χ2n) is 21.3. The highest BCUT2D eigenvalue weighted by Gasteiger charge is 2.28. The lowest BCUT2D eigenvalue weighted by molar-refractivity contribution is 1.07. The third kappa shape index (κ3) is 8.01. The van der Waals surface area contributed by atoms with E-state index in [1.54, 1.807) is 6.07 Å². The second-order valence-corrected chi connectivity index (χ2v) is 21.3. The van der Waals surface area contributed by atoms with Gasteiger partial charge in [-0.1, -0.05) is 194 Å². The van der Waals surface area contributed by atoms with Crippen molar-refractivity contribution in [2.24, 2.45) is 0 Å². The third-order valence-electron chi connectivity index (χ3n) is 16.5. The van der Waals surface area contributed by atoms with Crippen LogP contribution in [-0.2, 0) is 0 Å². The average Bonchev–Trinajstić information content (AvgIpc) is 2.42. The van der Waals surface area contributed by atoms with Gasteiger partial charge in [-0.3, -0.25) is 0 Å². The topological polar surface area (TPSA) is 101 Å². The van der Waals surface area contributed by atoms with Crippen molar-refractivity contribution in [1.82, 2.24) is 28.7 Å². The van der Waals surface area contributed by atoms with Crippen molar-refractivity contribution >= 4 is 65.4 Å². The zero-order valence-electron chi connectivity index (χ0n) is 45.6. The molecule has 0 N–H and O–H groups in total. The van der Waals surface area contributed by atoms with Gasteiger partial charge in [0.05, 0.1) is 73.4 Å². The van der Waals surface area contributed by atoms with Crippen LogP contribution in [0.5, 0.6) is 0 Å². The second kappa shape index (κ2) is 19.9. The zero-order valence-corrected chi connectivity index (χ0v) is 45.6. The number of fused-ring (bicyclic) bond motifs is 9. The molecule has 0 saturated carbocycles. The van der Waals surface area contributed by atoms with Gasteiger partial charge in [-0.05, 0) is 96.1 Å². The summed E-state index contributed by atoms with van der Waals surface area (Å²) < 4.78 is 7.27. The van der Waals surface area contributed by atoms with Gasteiger partial charge in [0.2, 0.25) is 0 Å². The van der Waals surface area contributed by atoms with Crippen LogP contribution in [-0.4, -0.2) is 28.7 Å². The molecule has 0 fully saturated rings. The van der Waals surface area contributed by atoms with E-state index in [-0.39, 0.29) is 0 Å². The van der Waals surface area contributed by atoms with E-state index < -0.39 is 0 Å². The number of para-hydroxylation sites is 7. The van der Waals surface area contributed by atoms with Crippen molar-refractivity contribution in [3.8, 4) is 96.7 Å². The Bertz CT molecular complexity index is 5090. The lowest BCUT2D eigenvalue weighted by Crippen LogP contribution is -2.07. The molecule has 0 unspecified atom stereocenters. The maximum atomic E-state index is 10.1. The van der Waals surface area contributed by atoms with Gasteiger partial charge < -0.3 is 13.7 Å². The lowest BCUT2D eigenvalue weighted by atomic mass is 9.90. The minimum Gasteiger partial charge on any atom is -0.309 e. The number of nitriles is 2. The fraction of sp³-hybridized carbons (Fsp3) is 0. The fourth-order valence-electron chi connectivity index (χ4n) is 12.8. The Balaban J connectivity index is 1.09. The summed E-state index contributed by atoms with van der Waals surface area (Å²) in [6.07, 6.45) is 0. The molecule has 0 amide bonds. The number of rotatable bonds is 9. The van der Waals surface area contributed by atoms with Crippen LogP contribution in [0.4, 0.5) is 0 Å². The third-order valence-corrected chi connectivity index (χ3v) is 16.5. The van der Waals surface area contributed by atoms with Crippen LogP contribution in [0.1, 0.15) is 11.1 Å². The summed E-state index contributed by atoms with van der Waals surface area (Å²) in [6.45, 7) is 0. The molecule has 8 heteroatoms. The van der Waals surface area contributed by atoms with Crippen LogP contribution >= 0.6 is 0 Å². The van der Waals surface area contributed by atoms with Gasteiger partial charge in [-0.2, -0.15) is 10.5 Å². The fourth-order valence-corrected chi connectivity index (χ4v) is 12.8. The highest BCUT2D eigenvalue weighted by atomic mass is 15.0. The summed E-state index contributed by atoms with van der Waals surface area (Å²) in [4.78, 5) is 16.1. The molecule has 0 spiro atoms. The molecule has 394 valence electrons. The van der Waals surface area contributed by atoms with E-state index in [0.717, 1.165) is 133 Å². The highest BCUT2D eigenvalue weighted by Crippen LogP contribution is 2.48. The van der Waals surface area contributed by atoms with Crippen molar-refractivity contribution in [3.05, 3.63) is 290 Å². The first-order chi connectivity index (χ1) is 42.1. The molecule has 0 aliphatic carbocycles. The van der Waals surface area contributed by atoms with Gasteiger partial charge in [-0.25, -0.2) is 15.0 Å². The first-order valence-corrected chi connectivity index (χ1v) is 28.3. The standard InChI is InChI=1S/C77H46N8/c78-47-49-41-50(48-79)43-54(42-49)53-39-40-73-63(44-53)60-29-11-20-38-72(60)85(73)74-64(61-30-12-18-36-70(61)83-66-32-14-7-25-56(66)57-26-8-15-33-67(57)83)45-55(77-81-75(51-21-3-1-4-22-51)80-76(82-77)52-23-5-2-6-24-52)46-65(74)62-31-13-19-37-71(62)84-68-34-16-9-27-58(68)59-28-10-17-35-69(59)84/h1-46H. The predicted molar refractivity (Wildman–Crippen MR) is 345 cm³/mol. The van der Waals surface area contributed by atoms with Gasteiger partial charge in [-0.15, -0.1) is 0 Å². The number of benzene rings is 12. The predicted octanol–water partition coefficient (Wildman–Crippen LogP) is 18.9. The van der Waals surface area contributed by atoms with Gasteiger partial charge in [0.25, 0.3) is 0 Å². The monoisotopic (exact) mass is 1080 g/mol. The number of aromatic nitrogens is 6. The molecule has 4 heterocycles. The SMILES string of the molecule is N#Cc1cc(C#N)cc(-c2ccc3c(c2)c2ccccc2n3-c2c(-c3ccccc3-n3c4ccccc4c4ccccc43)cc(-c3nc(-c4ccccc4)nc(-c4ccccc4)n3)cc2-c2ccccc2-n2c3ccccc3c3ccccc32)c1. The molecule has 12 aromatic carbocycles. The van der Waals surface area contributed by atoms with E-state index in [2.05, 4.69) is 226 Å². The zero-order chi connectivity index (χ0) is 56.5. The Kier molecular flexibility index (Phi) is 11.5. The Hall–Kier alpha value is -12.0. The van der Waals surface area contributed by atoms with E-state index in [4.69, 9.17) is 15.0 Å². The number of hydrogen-bond donors (Lipinski definition) is 0. The van der Waals surface area contributed by atoms with E-state index in [1.165, 1.54) is 0 Å². The molecule has 0 saturated heterocycles. The van der Waals surface area contributed by atoms with Crippen molar-refractivity contribution in [2.45, 2.75) is 0 Å². The number of nitrogens with zero attached hydrogens (tertiary/aromatic N) is 8. The first-order valence-electron chi connectivity index (χ1n) is 28.3. The maximum absolute atomic E-state index is 10.1. The van der Waals surface area contributed by atoms with Crippen LogP contribution in [0, 0.1) is 22.7 Å². The van der Waals surface area contributed by atoms with Gasteiger partial charge in [0, 0.05) is 71.3 Å². The van der Waals surface area contributed by atoms with Crippen LogP contribution in [0.15, 0.2) is 279 Å². The summed E-state index contributed by atoms with van der Waals surface area (Å²) in [7, 11) is 0. The molecule has 0 bridgehead atoms. The summed E-state index contributed by atoms with van der Waals surface area (Å²) in [6, 6.07) is 102. The van der Waals surface area contributed by atoms with Crippen molar-refractivity contribution in [2.75, 3.05) is 0 Å². The Morgan fingerprint density at radius 2 is 0.600 bits per heavy atom. The molecule has 0 radical (unpaired) electrons. The molecule has 0 aliphatic heterocycles. The Morgan fingerprint density at radius 3 is 1.04 bits per heavy atom. The smallest absolute Gasteiger partial charge is 0.164 e. The first kappa shape index (κ1) is 48.9. The van der Waals surface area contributed by atoms with E-state index in [9.17, 15) is 10.5 Å². The maximum Gasteiger partial charge on any atom is 0.164 e. The van der Waals surface area contributed by atoms with Crippen LogP contribution < -0.4 is 0 Å². The molecule has 8 nitrogen and oxygen atoms in total. The molecule has 16 rings (SSSR count). The Morgan fingerprint density at radius 1 is 0.247 bits per heavy atom. The van der Waals surface area contributed by atoms with E-state index >= 15 is 0 Å². The molecule has 0 aliphatic rings. The molecule has 0 atom stereocenters. The van der Waals surface area contributed by atoms with Crippen molar-refractivity contribution in [1.29, 1.82) is 10.5 Å². The summed E-state index contributed by atoms with van der Waals surface area (Å²) in [5.74, 6) is 1.65. The Labute approximate surface area is 488 Å². The highest BCUT2D eigenvalue weighted by molar-refractivity contribution is 6.14. The minimum atomic E-state index is 0.430. The van der Waals surface area contributed by atoms with Gasteiger partial charge >= 0.3 is 0 Å². The van der Waals surface area contributed by atoms with Crippen LogP contribution in [0.25, 0.3) is 150 Å². The normalized spacial score (nSPS) is 11.5. The molecule has 85 heavy (non-hydrogen) atoms. The largest absolute Gasteiger partial charge is 0.309 e. The van der Waals surface area contributed by atoms with Crippen LogP contribution in [0.3, 0.4) is 0 Å². The quantitative estimate of drug-likeness (QED) is 0.143.